The van der Waals surface area contributed by atoms with Crippen molar-refractivity contribution in [2.45, 2.75) is 6.18 Å². The van der Waals surface area contributed by atoms with Crippen LogP contribution in [-0.4, -0.2) is 19.8 Å². The van der Waals surface area contributed by atoms with Crippen molar-refractivity contribution in [2.75, 3.05) is 0 Å². The third kappa shape index (κ3) is 2.88. The molecule has 5 nitrogen and oxygen atoms in total. The zero-order valence-electron chi connectivity index (χ0n) is 14.2. The summed E-state index contributed by atoms with van der Waals surface area (Å²) in [5, 5.41) is 20.3. The number of aromatic hydroxyl groups is 2. The van der Waals surface area contributed by atoms with Gasteiger partial charge in [0, 0.05) is 28.8 Å². The molecule has 8 heteroatoms. The van der Waals surface area contributed by atoms with Gasteiger partial charge in [0.05, 0.1) is 11.3 Å². The highest BCUT2D eigenvalue weighted by molar-refractivity contribution is 5.87. The van der Waals surface area contributed by atoms with Crippen LogP contribution in [0.15, 0.2) is 65.5 Å². The van der Waals surface area contributed by atoms with E-state index in [2.05, 4.69) is 4.98 Å². The van der Waals surface area contributed by atoms with E-state index in [-0.39, 0.29) is 28.4 Å². The molecule has 0 radical (unpaired) electrons. The standard InChI is InChI=1S/C20H13F3N2O3/c21-20(22,23)15-4-2-1-3-13(15)16-9-11-5-6-12(10-14(11)19(28)24-16)25-17(26)7-8-18(25)27/h1-10,26-27H,(H,24,28). The molecule has 0 unspecified atom stereocenters. The molecule has 0 saturated carbocycles. The molecule has 4 aromatic rings. The van der Waals surface area contributed by atoms with Crippen molar-refractivity contribution in [3.63, 3.8) is 0 Å². The molecule has 0 aliphatic heterocycles. The molecule has 0 aliphatic carbocycles. The molecule has 0 amide bonds. The van der Waals surface area contributed by atoms with Gasteiger partial charge in [0.2, 0.25) is 0 Å². The zero-order chi connectivity index (χ0) is 20.1. The topological polar surface area (TPSA) is 78.2 Å². The van der Waals surface area contributed by atoms with Gasteiger partial charge in [0.1, 0.15) is 0 Å². The number of aromatic nitrogens is 2. The Kier molecular flexibility index (Phi) is 3.92. The van der Waals surface area contributed by atoms with Crippen LogP contribution in [0.2, 0.25) is 0 Å². The molecule has 0 spiro atoms. The first-order chi connectivity index (χ1) is 13.3. The maximum absolute atomic E-state index is 13.3. The van der Waals surface area contributed by atoms with E-state index in [1.807, 2.05) is 0 Å². The highest BCUT2D eigenvalue weighted by atomic mass is 19.4. The SMILES string of the molecule is O=c1[nH]c(-c2ccccc2C(F)(F)F)cc2ccc(-n3c(O)ccc3O)cc12. The van der Waals surface area contributed by atoms with Crippen LogP contribution in [0, 0.1) is 0 Å². The van der Waals surface area contributed by atoms with Gasteiger partial charge in [-0.3, -0.25) is 9.36 Å². The normalized spacial score (nSPS) is 11.8. The van der Waals surface area contributed by atoms with E-state index >= 15 is 0 Å². The second-order valence-electron chi connectivity index (χ2n) is 6.21. The molecule has 142 valence electrons. The average molecular weight is 386 g/mol. The van der Waals surface area contributed by atoms with E-state index in [9.17, 15) is 28.2 Å². The van der Waals surface area contributed by atoms with Crippen LogP contribution in [0.25, 0.3) is 27.7 Å². The van der Waals surface area contributed by atoms with E-state index < -0.39 is 17.3 Å². The molecule has 0 atom stereocenters. The van der Waals surface area contributed by atoms with Crippen LogP contribution in [0.5, 0.6) is 11.8 Å². The van der Waals surface area contributed by atoms with Gasteiger partial charge in [-0.05, 0) is 29.7 Å². The summed E-state index contributed by atoms with van der Waals surface area (Å²) in [6.45, 7) is 0. The number of benzene rings is 2. The first-order valence-corrected chi connectivity index (χ1v) is 8.19. The lowest BCUT2D eigenvalue weighted by atomic mass is 10.0. The number of alkyl halides is 3. The summed E-state index contributed by atoms with van der Waals surface area (Å²) in [5.74, 6) is -0.437. The number of aromatic amines is 1. The summed E-state index contributed by atoms with van der Waals surface area (Å²) in [7, 11) is 0. The summed E-state index contributed by atoms with van der Waals surface area (Å²) in [5.41, 5.74) is -1.17. The second-order valence-corrected chi connectivity index (χ2v) is 6.21. The van der Waals surface area contributed by atoms with Crippen LogP contribution < -0.4 is 5.56 Å². The average Bonchev–Trinajstić information content (AvgIpc) is 2.99. The smallest absolute Gasteiger partial charge is 0.417 e. The fourth-order valence-corrected chi connectivity index (χ4v) is 3.18. The second kappa shape index (κ2) is 6.19. The molecule has 4 rings (SSSR count). The molecular weight excluding hydrogens is 373 g/mol. The third-order valence-electron chi connectivity index (χ3n) is 4.45. The van der Waals surface area contributed by atoms with Crippen LogP contribution in [-0.2, 0) is 6.18 Å². The fraction of sp³-hybridized carbons (Fsp3) is 0.0500. The van der Waals surface area contributed by atoms with Crippen LogP contribution in [0.1, 0.15) is 5.56 Å². The van der Waals surface area contributed by atoms with Gasteiger partial charge in [0.15, 0.2) is 11.8 Å². The number of halogens is 3. The Morgan fingerprint density at radius 1 is 0.893 bits per heavy atom. The Morgan fingerprint density at radius 2 is 1.57 bits per heavy atom. The van der Waals surface area contributed by atoms with Crippen molar-refractivity contribution in [1.82, 2.24) is 9.55 Å². The number of nitrogens with one attached hydrogen (secondary N) is 1. The quantitative estimate of drug-likeness (QED) is 0.477. The number of fused-ring (bicyclic) bond motifs is 1. The molecule has 0 saturated heterocycles. The van der Waals surface area contributed by atoms with E-state index in [0.717, 1.165) is 10.6 Å². The minimum atomic E-state index is -4.56. The van der Waals surface area contributed by atoms with Gasteiger partial charge in [-0.25, -0.2) is 0 Å². The van der Waals surface area contributed by atoms with E-state index in [4.69, 9.17) is 0 Å². The van der Waals surface area contributed by atoms with Gasteiger partial charge >= 0.3 is 6.18 Å². The summed E-state index contributed by atoms with van der Waals surface area (Å²) in [6, 6.07) is 13.6. The van der Waals surface area contributed by atoms with Gasteiger partial charge in [-0.1, -0.05) is 24.3 Å². The van der Waals surface area contributed by atoms with E-state index in [1.54, 1.807) is 12.1 Å². The van der Waals surface area contributed by atoms with Crippen molar-refractivity contribution in [3.8, 4) is 28.7 Å². The lowest BCUT2D eigenvalue weighted by Crippen LogP contribution is -2.11. The summed E-state index contributed by atoms with van der Waals surface area (Å²) in [6.07, 6.45) is -4.56. The number of pyridine rings is 1. The Balaban J connectivity index is 1.90. The lowest BCUT2D eigenvalue weighted by Gasteiger charge is -2.13. The largest absolute Gasteiger partial charge is 0.494 e. The summed E-state index contributed by atoms with van der Waals surface area (Å²) in [4.78, 5) is 15.0. The number of H-pyrrole nitrogens is 1. The molecule has 2 aromatic carbocycles. The van der Waals surface area contributed by atoms with Crippen LogP contribution in [0.3, 0.4) is 0 Å². The third-order valence-corrected chi connectivity index (χ3v) is 4.45. The lowest BCUT2D eigenvalue weighted by molar-refractivity contribution is -0.137. The zero-order valence-corrected chi connectivity index (χ0v) is 14.2. The summed E-state index contributed by atoms with van der Waals surface area (Å²) >= 11 is 0. The van der Waals surface area contributed by atoms with Gasteiger partial charge in [-0.15, -0.1) is 0 Å². The van der Waals surface area contributed by atoms with Crippen molar-refractivity contribution >= 4 is 10.8 Å². The molecule has 0 bridgehead atoms. The first-order valence-electron chi connectivity index (χ1n) is 8.19. The van der Waals surface area contributed by atoms with Gasteiger partial charge < -0.3 is 15.2 Å². The molecule has 2 aromatic heterocycles. The molecule has 0 aliphatic rings. The highest BCUT2D eigenvalue weighted by Gasteiger charge is 2.33. The maximum atomic E-state index is 13.3. The Bertz CT molecular complexity index is 1240. The minimum Gasteiger partial charge on any atom is -0.494 e. The first kappa shape index (κ1) is 17.7. The number of rotatable bonds is 2. The minimum absolute atomic E-state index is 0.0461. The molecule has 3 N–H and O–H groups in total. The predicted molar refractivity (Wildman–Crippen MR) is 97.7 cm³/mol. The fourth-order valence-electron chi connectivity index (χ4n) is 3.18. The van der Waals surface area contributed by atoms with E-state index in [0.29, 0.717) is 11.1 Å². The van der Waals surface area contributed by atoms with E-state index in [1.165, 1.54) is 42.5 Å². The Labute approximate surface area is 155 Å². The van der Waals surface area contributed by atoms with Crippen molar-refractivity contribution < 1.29 is 23.4 Å². The van der Waals surface area contributed by atoms with Gasteiger partial charge in [0.25, 0.3) is 5.56 Å². The van der Waals surface area contributed by atoms with Crippen molar-refractivity contribution in [3.05, 3.63) is 76.6 Å². The monoisotopic (exact) mass is 386 g/mol. The Morgan fingerprint density at radius 3 is 2.25 bits per heavy atom. The number of hydrogen-bond acceptors (Lipinski definition) is 3. The maximum Gasteiger partial charge on any atom is 0.417 e. The predicted octanol–water partition coefficient (Wildman–Crippen LogP) is 4.42. The van der Waals surface area contributed by atoms with Crippen LogP contribution in [0.4, 0.5) is 13.2 Å². The van der Waals surface area contributed by atoms with Crippen LogP contribution >= 0.6 is 0 Å². The number of hydrogen-bond donors (Lipinski definition) is 3. The Hall–Kier alpha value is -3.68. The van der Waals surface area contributed by atoms with Crippen molar-refractivity contribution in [2.24, 2.45) is 0 Å². The molecule has 28 heavy (non-hydrogen) atoms. The van der Waals surface area contributed by atoms with Crippen molar-refractivity contribution in [1.29, 1.82) is 0 Å². The van der Waals surface area contributed by atoms with Gasteiger partial charge in [-0.2, -0.15) is 13.2 Å². The molecule has 0 fully saturated rings. The molecule has 2 heterocycles. The molecular formula is C20H13F3N2O3. The highest BCUT2D eigenvalue weighted by Crippen LogP contribution is 2.36. The number of nitrogens with zero attached hydrogens (tertiary/aromatic N) is 1. The summed E-state index contributed by atoms with van der Waals surface area (Å²) < 4.78 is 41.0.